The molecule has 3 fully saturated rings. The van der Waals surface area contributed by atoms with Gasteiger partial charge in [0.25, 0.3) is 0 Å². The Morgan fingerprint density at radius 2 is 1.50 bits per heavy atom. The summed E-state index contributed by atoms with van der Waals surface area (Å²) in [6.45, 7) is 14.8. The van der Waals surface area contributed by atoms with Gasteiger partial charge in [-0.15, -0.1) is 0 Å². The Kier molecular flexibility index (Phi) is 2.72. The lowest BCUT2D eigenvalue weighted by molar-refractivity contribution is -0.131. The van der Waals surface area contributed by atoms with Crippen molar-refractivity contribution < 1.29 is 0 Å². The molecule has 0 amide bonds. The van der Waals surface area contributed by atoms with Gasteiger partial charge in [0, 0.05) is 0 Å². The SMILES string of the molecule is CC(C)C12CCC(C(C)(C)C)(CC1)CC2C. The van der Waals surface area contributed by atoms with Gasteiger partial charge in [-0.25, -0.2) is 0 Å². The molecule has 1 atom stereocenters. The summed E-state index contributed by atoms with van der Waals surface area (Å²) in [4.78, 5) is 0. The highest BCUT2D eigenvalue weighted by atomic mass is 14.6. The highest BCUT2D eigenvalue weighted by molar-refractivity contribution is 5.07. The largest absolute Gasteiger partial charge is 0.0622 e. The van der Waals surface area contributed by atoms with Crippen molar-refractivity contribution in [3.05, 3.63) is 0 Å². The molecule has 0 heterocycles. The molecule has 94 valence electrons. The van der Waals surface area contributed by atoms with Crippen LogP contribution in [0.25, 0.3) is 0 Å². The highest BCUT2D eigenvalue weighted by Gasteiger charge is 2.57. The first-order valence-corrected chi connectivity index (χ1v) is 7.24. The van der Waals surface area contributed by atoms with Crippen LogP contribution in [0.1, 0.15) is 73.6 Å². The fourth-order valence-corrected chi connectivity index (χ4v) is 4.88. The Balaban J connectivity index is 2.27. The normalized spacial score (nSPS) is 44.1. The van der Waals surface area contributed by atoms with Crippen molar-refractivity contribution in [2.45, 2.75) is 73.6 Å². The molecule has 0 heteroatoms. The summed E-state index contributed by atoms with van der Waals surface area (Å²) < 4.78 is 0. The predicted molar refractivity (Wildman–Crippen MR) is 71.4 cm³/mol. The molecule has 0 spiro atoms. The van der Waals surface area contributed by atoms with Gasteiger partial charge in [0.2, 0.25) is 0 Å². The minimum absolute atomic E-state index is 0.505. The Bertz CT molecular complexity index is 258. The minimum atomic E-state index is 0.505. The second-order valence-corrected chi connectivity index (χ2v) is 8.02. The first-order chi connectivity index (χ1) is 7.24. The number of hydrogen-bond acceptors (Lipinski definition) is 0. The minimum Gasteiger partial charge on any atom is -0.0622 e. The van der Waals surface area contributed by atoms with E-state index in [0.717, 1.165) is 11.8 Å². The van der Waals surface area contributed by atoms with Gasteiger partial charge < -0.3 is 0 Å². The van der Waals surface area contributed by atoms with E-state index in [9.17, 15) is 0 Å². The van der Waals surface area contributed by atoms with Crippen molar-refractivity contribution in [1.29, 1.82) is 0 Å². The molecule has 1 unspecified atom stereocenters. The Morgan fingerprint density at radius 1 is 1.00 bits per heavy atom. The molecule has 0 saturated heterocycles. The fraction of sp³-hybridized carbons (Fsp3) is 1.00. The first-order valence-electron chi connectivity index (χ1n) is 7.24. The highest BCUT2D eigenvalue weighted by Crippen LogP contribution is 2.67. The van der Waals surface area contributed by atoms with E-state index in [-0.39, 0.29) is 0 Å². The molecule has 0 aliphatic heterocycles. The van der Waals surface area contributed by atoms with Gasteiger partial charge >= 0.3 is 0 Å². The van der Waals surface area contributed by atoms with Gasteiger partial charge in [0.05, 0.1) is 0 Å². The van der Waals surface area contributed by atoms with E-state index in [1.54, 1.807) is 0 Å². The molecule has 2 bridgehead atoms. The molecule has 0 nitrogen and oxygen atoms in total. The number of fused-ring (bicyclic) bond motifs is 3. The van der Waals surface area contributed by atoms with Gasteiger partial charge in [0.1, 0.15) is 0 Å². The molecule has 0 N–H and O–H groups in total. The summed E-state index contributed by atoms with van der Waals surface area (Å²) in [5.41, 5.74) is 1.85. The van der Waals surface area contributed by atoms with Gasteiger partial charge in [-0.2, -0.15) is 0 Å². The summed E-state index contributed by atoms with van der Waals surface area (Å²) in [5, 5.41) is 0. The van der Waals surface area contributed by atoms with Gasteiger partial charge in [-0.3, -0.25) is 0 Å². The molecule has 0 aromatic heterocycles. The smallest absolute Gasteiger partial charge is 0.0246 e. The van der Waals surface area contributed by atoms with Crippen molar-refractivity contribution in [1.82, 2.24) is 0 Å². The van der Waals surface area contributed by atoms with E-state index in [1.165, 1.54) is 32.1 Å². The van der Waals surface area contributed by atoms with E-state index >= 15 is 0 Å². The van der Waals surface area contributed by atoms with Crippen LogP contribution in [0.2, 0.25) is 0 Å². The van der Waals surface area contributed by atoms with Crippen LogP contribution in [-0.2, 0) is 0 Å². The zero-order valence-corrected chi connectivity index (χ0v) is 12.2. The molecule has 3 aliphatic carbocycles. The van der Waals surface area contributed by atoms with Crippen LogP contribution >= 0.6 is 0 Å². The summed E-state index contributed by atoms with van der Waals surface area (Å²) >= 11 is 0. The maximum Gasteiger partial charge on any atom is -0.0246 e. The average Bonchev–Trinajstić information content (AvgIpc) is 2.17. The van der Waals surface area contributed by atoms with Crippen molar-refractivity contribution in [2.24, 2.45) is 28.1 Å². The standard InChI is InChI=1S/C16H30/c1-12(2)16-9-7-15(8-10-16,11-13(16)3)14(4,5)6/h12-13H,7-11H2,1-6H3. The molecule has 3 rings (SSSR count). The van der Waals surface area contributed by atoms with Crippen LogP contribution in [0, 0.1) is 28.1 Å². The maximum absolute atomic E-state index is 2.53. The molecule has 0 radical (unpaired) electrons. The Labute approximate surface area is 102 Å². The molecule has 0 aromatic carbocycles. The van der Waals surface area contributed by atoms with E-state index < -0.39 is 0 Å². The number of rotatable bonds is 1. The Hall–Kier alpha value is 0. The summed E-state index contributed by atoms with van der Waals surface area (Å²) in [5.74, 6) is 1.81. The van der Waals surface area contributed by atoms with Gasteiger partial charge in [-0.1, -0.05) is 41.5 Å². The zero-order chi connectivity index (χ0) is 12.2. The molecule has 3 saturated carbocycles. The van der Waals surface area contributed by atoms with Crippen LogP contribution in [0.4, 0.5) is 0 Å². The van der Waals surface area contributed by atoms with Crippen molar-refractivity contribution in [3.63, 3.8) is 0 Å². The second kappa shape index (κ2) is 3.50. The monoisotopic (exact) mass is 222 g/mol. The third-order valence-electron chi connectivity index (χ3n) is 6.56. The number of hydrogen-bond donors (Lipinski definition) is 0. The lowest BCUT2D eigenvalue weighted by Crippen LogP contribution is -2.53. The van der Waals surface area contributed by atoms with Crippen LogP contribution < -0.4 is 0 Å². The van der Waals surface area contributed by atoms with Crippen molar-refractivity contribution in [3.8, 4) is 0 Å². The van der Waals surface area contributed by atoms with Crippen LogP contribution in [0.5, 0.6) is 0 Å². The van der Waals surface area contributed by atoms with Crippen LogP contribution in [0.15, 0.2) is 0 Å². The summed E-state index contributed by atoms with van der Waals surface area (Å²) in [7, 11) is 0. The maximum atomic E-state index is 2.53. The lowest BCUT2D eigenvalue weighted by atomic mass is 9.42. The van der Waals surface area contributed by atoms with E-state index in [1.807, 2.05) is 0 Å². The third-order valence-corrected chi connectivity index (χ3v) is 6.56. The third kappa shape index (κ3) is 1.48. The quantitative estimate of drug-likeness (QED) is 0.566. The van der Waals surface area contributed by atoms with Crippen LogP contribution in [-0.4, -0.2) is 0 Å². The molecule has 16 heavy (non-hydrogen) atoms. The molecular formula is C16H30. The van der Waals surface area contributed by atoms with Crippen molar-refractivity contribution in [2.75, 3.05) is 0 Å². The Morgan fingerprint density at radius 3 is 1.81 bits per heavy atom. The molecular weight excluding hydrogens is 192 g/mol. The zero-order valence-electron chi connectivity index (χ0n) is 12.2. The summed E-state index contributed by atoms with van der Waals surface area (Å²) in [6.07, 6.45) is 7.43. The van der Waals surface area contributed by atoms with E-state index in [0.29, 0.717) is 16.2 Å². The first kappa shape index (κ1) is 12.5. The average molecular weight is 222 g/mol. The van der Waals surface area contributed by atoms with E-state index in [4.69, 9.17) is 0 Å². The van der Waals surface area contributed by atoms with Gasteiger partial charge in [0.15, 0.2) is 0 Å². The molecule has 0 aromatic rings. The van der Waals surface area contributed by atoms with Crippen LogP contribution in [0.3, 0.4) is 0 Å². The van der Waals surface area contributed by atoms with E-state index in [2.05, 4.69) is 41.5 Å². The molecule has 3 aliphatic rings. The topological polar surface area (TPSA) is 0 Å². The van der Waals surface area contributed by atoms with Gasteiger partial charge in [-0.05, 0) is 60.2 Å². The van der Waals surface area contributed by atoms with Crippen molar-refractivity contribution >= 4 is 0 Å². The predicted octanol–water partition coefficient (Wildman–Crippen LogP) is 5.28. The fourth-order valence-electron chi connectivity index (χ4n) is 4.88. The lowest BCUT2D eigenvalue weighted by Gasteiger charge is -2.63. The summed E-state index contributed by atoms with van der Waals surface area (Å²) in [6, 6.07) is 0. The second-order valence-electron chi connectivity index (χ2n) is 8.02.